The predicted octanol–water partition coefficient (Wildman–Crippen LogP) is 4.27. The van der Waals surface area contributed by atoms with E-state index in [4.69, 9.17) is 4.74 Å². The average Bonchev–Trinajstić information content (AvgIpc) is 3.20. The Bertz CT molecular complexity index is 919. The van der Waals surface area contributed by atoms with Gasteiger partial charge in [0.1, 0.15) is 5.00 Å². The minimum absolute atomic E-state index is 0.112. The molecular weight excluding hydrogens is 368 g/mol. The van der Waals surface area contributed by atoms with Crippen LogP contribution in [0.25, 0.3) is 0 Å². The highest BCUT2D eigenvalue weighted by atomic mass is 32.1. The third kappa shape index (κ3) is 3.85. The van der Waals surface area contributed by atoms with E-state index in [-0.39, 0.29) is 11.3 Å². The number of fused-ring (bicyclic) bond motifs is 1. The lowest BCUT2D eigenvalue weighted by atomic mass is 10.1. The number of anilines is 1. The minimum atomic E-state index is -0.515. The third-order valence-corrected chi connectivity index (χ3v) is 5.67. The summed E-state index contributed by atoms with van der Waals surface area (Å²) < 4.78 is 5.28. The van der Waals surface area contributed by atoms with Crippen LogP contribution in [-0.2, 0) is 17.6 Å². The predicted molar refractivity (Wildman–Crippen MR) is 103 cm³/mol. The topological polar surface area (TPSA) is 98.5 Å². The monoisotopic (exact) mass is 388 g/mol. The summed E-state index contributed by atoms with van der Waals surface area (Å²) in [5, 5.41) is 14.3. The van der Waals surface area contributed by atoms with Crippen molar-refractivity contribution in [2.24, 2.45) is 0 Å². The second-order valence-corrected chi connectivity index (χ2v) is 7.52. The Labute approximate surface area is 160 Å². The van der Waals surface area contributed by atoms with Gasteiger partial charge in [-0.1, -0.05) is 13.0 Å². The van der Waals surface area contributed by atoms with Crippen molar-refractivity contribution in [3.63, 3.8) is 0 Å². The van der Waals surface area contributed by atoms with E-state index < -0.39 is 16.8 Å². The van der Waals surface area contributed by atoms with Gasteiger partial charge in [0, 0.05) is 22.1 Å². The fourth-order valence-electron chi connectivity index (χ4n) is 3.10. The van der Waals surface area contributed by atoms with Crippen molar-refractivity contribution in [2.45, 2.75) is 39.5 Å². The molecule has 8 heteroatoms. The van der Waals surface area contributed by atoms with E-state index in [2.05, 4.69) is 5.32 Å². The van der Waals surface area contributed by atoms with Crippen molar-refractivity contribution in [3.05, 3.63) is 55.4 Å². The van der Waals surface area contributed by atoms with Gasteiger partial charge in [-0.3, -0.25) is 14.9 Å². The number of nitro benzene ring substituents is 1. The van der Waals surface area contributed by atoms with Gasteiger partial charge in [0.25, 0.3) is 11.6 Å². The zero-order valence-corrected chi connectivity index (χ0v) is 16.0. The summed E-state index contributed by atoms with van der Waals surface area (Å²) in [6, 6.07) is 4.33. The Morgan fingerprint density at radius 3 is 2.81 bits per heavy atom. The molecule has 0 unspecified atom stereocenters. The van der Waals surface area contributed by atoms with E-state index in [9.17, 15) is 19.7 Å². The number of rotatable bonds is 6. The highest BCUT2D eigenvalue weighted by Gasteiger charge is 2.28. The first-order chi connectivity index (χ1) is 12.9. The second kappa shape index (κ2) is 7.87. The van der Waals surface area contributed by atoms with Gasteiger partial charge in [-0.05, 0) is 44.2 Å². The number of hydrogen-bond donors (Lipinski definition) is 1. The quantitative estimate of drug-likeness (QED) is 0.453. The lowest BCUT2D eigenvalue weighted by Crippen LogP contribution is -2.15. The number of aryl methyl sites for hydroxylation is 2. The van der Waals surface area contributed by atoms with Crippen molar-refractivity contribution in [1.82, 2.24) is 0 Å². The molecule has 1 aromatic heterocycles. The van der Waals surface area contributed by atoms with Gasteiger partial charge in [-0.2, -0.15) is 0 Å². The largest absolute Gasteiger partial charge is 0.462 e. The van der Waals surface area contributed by atoms with Crippen LogP contribution in [0.1, 0.15) is 56.5 Å². The Morgan fingerprint density at radius 2 is 2.11 bits per heavy atom. The molecule has 7 nitrogen and oxygen atoms in total. The molecule has 1 aliphatic carbocycles. The van der Waals surface area contributed by atoms with Gasteiger partial charge in [-0.25, -0.2) is 4.79 Å². The fraction of sp³-hybridized carbons (Fsp3) is 0.368. The molecule has 0 fully saturated rings. The first-order valence-corrected chi connectivity index (χ1v) is 9.62. The minimum Gasteiger partial charge on any atom is -0.462 e. The Kier molecular flexibility index (Phi) is 5.55. The summed E-state index contributed by atoms with van der Waals surface area (Å²) >= 11 is 1.38. The van der Waals surface area contributed by atoms with E-state index in [1.54, 1.807) is 6.92 Å². The number of nitrogens with zero attached hydrogens (tertiary/aromatic N) is 1. The molecule has 1 N–H and O–H groups in total. The lowest BCUT2D eigenvalue weighted by Gasteiger charge is -2.09. The number of amides is 1. The number of nitrogens with one attached hydrogen (secondary N) is 1. The van der Waals surface area contributed by atoms with E-state index in [1.165, 1.54) is 29.5 Å². The molecule has 0 aliphatic heterocycles. The molecule has 0 saturated carbocycles. The van der Waals surface area contributed by atoms with Crippen LogP contribution >= 0.6 is 11.3 Å². The van der Waals surface area contributed by atoms with Crippen LogP contribution in [0.2, 0.25) is 0 Å². The van der Waals surface area contributed by atoms with Crippen LogP contribution in [0.15, 0.2) is 18.2 Å². The third-order valence-electron chi connectivity index (χ3n) is 4.46. The van der Waals surface area contributed by atoms with Crippen molar-refractivity contribution in [1.29, 1.82) is 0 Å². The average molecular weight is 388 g/mol. The van der Waals surface area contributed by atoms with Crippen molar-refractivity contribution < 1.29 is 19.2 Å². The maximum absolute atomic E-state index is 12.6. The number of nitro groups is 1. The van der Waals surface area contributed by atoms with Crippen molar-refractivity contribution in [3.8, 4) is 0 Å². The van der Waals surface area contributed by atoms with Crippen molar-refractivity contribution >= 4 is 33.9 Å². The molecule has 142 valence electrons. The number of thiophene rings is 1. The first kappa shape index (κ1) is 19.0. The fourth-order valence-corrected chi connectivity index (χ4v) is 4.37. The molecular formula is C19H20N2O5S. The van der Waals surface area contributed by atoms with E-state index in [1.807, 2.05) is 6.92 Å². The van der Waals surface area contributed by atoms with Gasteiger partial charge >= 0.3 is 5.97 Å². The van der Waals surface area contributed by atoms with Gasteiger partial charge < -0.3 is 10.1 Å². The second-order valence-electron chi connectivity index (χ2n) is 6.41. The van der Waals surface area contributed by atoms with E-state index >= 15 is 0 Å². The van der Waals surface area contributed by atoms with Crippen LogP contribution in [0.3, 0.4) is 0 Å². The molecule has 0 radical (unpaired) electrons. The molecule has 27 heavy (non-hydrogen) atoms. The summed E-state index contributed by atoms with van der Waals surface area (Å²) in [5.41, 5.74) is 1.92. The normalized spacial score (nSPS) is 12.5. The summed E-state index contributed by atoms with van der Waals surface area (Å²) in [7, 11) is 0. The molecule has 0 saturated heterocycles. The molecule has 1 heterocycles. The number of carbonyl (C=O) groups is 2. The molecule has 1 amide bonds. The smallest absolute Gasteiger partial charge is 0.341 e. The first-order valence-electron chi connectivity index (χ1n) is 8.80. The van der Waals surface area contributed by atoms with Crippen LogP contribution < -0.4 is 5.32 Å². The molecule has 2 aromatic rings. The van der Waals surface area contributed by atoms with Crippen LogP contribution in [0.4, 0.5) is 10.7 Å². The number of carbonyl (C=O) groups excluding carboxylic acids is 2. The Balaban J connectivity index is 1.89. The van der Waals surface area contributed by atoms with Crippen LogP contribution in [-0.4, -0.2) is 23.4 Å². The number of hydrogen-bond acceptors (Lipinski definition) is 6. The van der Waals surface area contributed by atoms with Gasteiger partial charge in [-0.15, -0.1) is 11.3 Å². The zero-order chi connectivity index (χ0) is 19.6. The maximum Gasteiger partial charge on any atom is 0.341 e. The molecule has 0 spiro atoms. The molecule has 0 bridgehead atoms. The van der Waals surface area contributed by atoms with Crippen LogP contribution in [0.5, 0.6) is 0 Å². The van der Waals surface area contributed by atoms with Gasteiger partial charge in [0.15, 0.2) is 0 Å². The molecule has 1 aromatic carbocycles. The standard InChI is InChI=1S/C19H20N2O5S/c1-3-9-26-19(23)16-13-5-4-6-15(13)27-18(16)20-17(22)12-8-7-11(2)14(10-12)21(24)25/h7-8,10H,3-6,9H2,1-2H3,(H,20,22). The molecule has 3 rings (SSSR count). The maximum atomic E-state index is 12.6. The summed E-state index contributed by atoms with van der Waals surface area (Å²) in [5.74, 6) is -0.913. The molecule has 1 aliphatic rings. The number of ether oxygens (including phenoxy) is 1. The van der Waals surface area contributed by atoms with Gasteiger partial charge in [0.2, 0.25) is 0 Å². The molecule has 0 atom stereocenters. The Hall–Kier alpha value is -2.74. The SMILES string of the molecule is CCCOC(=O)c1c(NC(=O)c2ccc(C)c([N+](=O)[O-])c2)sc2c1CCC2. The van der Waals surface area contributed by atoms with Crippen LogP contribution in [0, 0.1) is 17.0 Å². The number of benzene rings is 1. The summed E-state index contributed by atoms with van der Waals surface area (Å²) in [6.07, 6.45) is 3.36. The lowest BCUT2D eigenvalue weighted by molar-refractivity contribution is -0.385. The van der Waals surface area contributed by atoms with Crippen molar-refractivity contribution in [2.75, 3.05) is 11.9 Å². The zero-order valence-electron chi connectivity index (χ0n) is 15.2. The highest BCUT2D eigenvalue weighted by Crippen LogP contribution is 2.39. The van der Waals surface area contributed by atoms with Gasteiger partial charge in [0.05, 0.1) is 17.1 Å². The van der Waals surface area contributed by atoms with E-state index in [0.29, 0.717) is 29.2 Å². The highest BCUT2D eigenvalue weighted by molar-refractivity contribution is 7.17. The number of esters is 1. The summed E-state index contributed by atoms with van der Waals surface area (Å²) in [6.45, 7) is 3.85. The Morgan fingerprint density at radius 1 is 1.33 bits per heavy atom. The van der Waals surface area contributed by atoms with E-state index in [0.717, 1.165) is 29.7 Å². The summed E-state index contributed by atoms with van der Waals surface area (Å²) in [4.78, 5) is 36.8.